The predicted molar refractivity (Wildman–Crippen MR) is 45.8 cm³/mol. The third-order valence-corrected chi connectivity index (χ3v) is 1.83. The minimum Gasteiger partial charge on any atom is -0.338 e. The van der Waals surface area contributed by atoms with E-state index in [1.807, 2.05) is 6.26 Å². The highest BCUT2D eigenvalue weighted by Crippen LogP contribution is 2.17. The molecule has 0 saturated heterocycles. The van der Waals surface area contributed by atoms with Crippen LogP contribution in [-0.4, -0.2) is 16.4 Å². The minimum atomic E-state index is -0.196. The zero-order chi connectivity index (χ0) is 8.27. The molecular weight excluding hydrogens is 184 g/mol. The summed E-state index contributed by atoms with van der Waals surface area (Å²) in [6.07, 6.45) is 1.99. The lowest BCUT2D eigenvalue weighted by atomic mass is 10.5. The van der Waals surface area contributed by atoms with Gasteiger partial charge in [-0.15, -0.1) is 11.6 Å². The molecule has 1 atom stereocenters. The Labute approximate surface area is 74.5 Å². The summed E-state index contributed by atoms with van der Waals surface area (Å²) in [5, 5.41) is 3.54. The van der Waals surface area contributed by atoms with Crippen molar-refractivity contribution < 1.29 is 4.52 Å². The van der Waals surface area contributed by atoms with Gasteiger partial charge in [-0.3, -0.25) is 0 Å². The van der Waals surface area contributed by atoms with Crippen molar-refractivity contribution in [3.8, 4) is 0 Å². The van der Waals surface area contributed by atoms with E-state index in [2.05, 4.69) is 10.1 Å². The average Bonchev–Trinajstić information content (AvgIpc) is 2.37. The second kappa shape index (κ2) is 3.97. The second-order valence-electron chi connectivity index (χ2n) is 2.10. The van der Waals surface area contributed by atoms with Gasteiger partial charge in [0.1, 0.15) is 5.38 Å². The molecule has 0 bridgehead atoms. The van der Waals surface area contributed by atoms with Crippen LogP contribution in [0, 0.1) is 0 Å². The minimum absolute atomic E-state index is 0.196. The Bertz CT molecular complexity index is 226. The molecule has 0 N–H and O–H groups in total. The first-order valence-corrected chi connectivity index (χ1v) is 5.02. The van der Waals surface area contributed by atoms with Gasteiger partial charge in [-0.25, -0.2) is 0 Å². The van der Waals surface area contributed by atoms with Crippen molar-refractivity contribution in [2.24, 2.45) is 0 Å². The average molecular weight is 193 g/mol. The zero-order valence-corrected chi connectivity index (χ0v) is 7.95. The number of thioether (sulfide) groups is 1. The van der Waals surface area contributed by atoms with Crippen molar-refractivity contribution in [1.82, 2.24) is 10.1 Å². The smallest absolute Gasteiger partial charge is 0.244 e. The maximum absolute atomic E-state index is 5.71. The Kier molecular flexibility index (Phi) is 3.20. The number of hydrogen-bond acceptors (Lipinski definition) is 4. The van der Waals surface area contributed by atoms with E-state index >= 15 is 0 Å². The molecule has 3 nitrogen and oxygen atoms in total. The normalized spacial score (nSPS) is 13.4. The Morgan fingerprint density at radius 1 is 1.73 bits per heavy atom. The number of nitrogens with zero attached hydrogens (tertiary/aromatic N) is 2. The molecule has 1 aromatic heterocycles. The zero-order valence-electron chi connectivity index (χ0n) is 6.37. The van der Waals surface area contributed by atoms with Crippen LogP contribution < -0.4 is 0 Å². The van der Waals surface area contributed by atoms with Crippen LogP contribution in [0.4, 0.5) is 0 Å². The molecule has 0 aliphatic rings. The molecule has 0 aromatic carbocycles. The third kappa shape index (κ3) is 2.38. The third-order valence-electron chi connectivity index (χ3n) is 1.10. The van der Waals surface area contributed by atoms with Gasteiger partial charge in [-0.1, -0.05) is 5.16 Å². The summed E-state index contributed by atoms with van der Waals surface area (Å²) in [4.78, 5) is 4.07. The number of alkyl halides is 1. The first kappa shape index (κ1) is 8.87. The van der Waals surface area contributed by atoms with Crippen molar-refractivity contribution in [3.63, 3.8) is 0 Å². The molecule has 0 fully saturated rings. The molecule has 0 saturated carbocycles. The van der Waals surface area contributed by atoms with Crippen LogP contribution in [0.1, 0.15) is 24.0 Å². The molecular formula is C6H9ClN2OS. The van der Waals surface area contributed by atoms with Gasteiger partial charge in [0.05, 0.1) is 5.75 Å². The molecule has 1 aromatic rings. The van der Waals surface area contributed by atoms with Gasteiger partial charge in [0.25, 0.3) is 0 Å². The van der Waals surface area contributed by atoms with E-state index in [9.17, 15) is 0 Å². The Hall–Kier alpha value is -0.220. The molecule has 11 heavy (non-hydrogen) atoms. The van der Waals surface area contributed by atoms with E-state index in [1.165, 1.54) is 0 Å². The number of halogens is 1. The summed E-state index contributed by atoms with van der Waals surface area (Å²) in [5.74, 6) is 1.98. The van der Waals surface area contributed by atoms with Crippen molar-refractivity contribution in [1.29, 1.82) is 0 Å². The van der Waals surface area contributed by atoms with Crippen molar-refractivity contribution in [2.45, 2.75) is 18.1 Å². The SMILES string of the molecule is CSCc1noc(C(C)Cl)n1. The van der Waals surface area contributed by atoms with Gasteiger partial charge in [0.2, 0.25) is 5.89 Å². The van der Waals surface area contributed by atoms with Crippen LogP contribution in [-0.2, 0) is 5.75 Å². The van der Waals surface area contributed by atoms with E-state index in [0.29, 0.717) is 11.7 Å². The highest BCUT2D eigenvalue weighted by molar-refractivity contribution is 7.97. The second-order valence-corrected chi connectivity index (χ2v) is 3.62. The highest BCUT2D eigenvalue weighted by atomic mass is 35.5. The lowest BCUT2D eigenvalue weighted by Crippen LogP contribution is -1.85. The summed E-state index contributed by atoms with van der Waals surface area (Å²) in [5.41, 5.74) is 0. The Balaban J connectivity index is 2.66. The quantitative estimate of drug-likeness (QED) is 0.689. The topological polar surface area (TPSA) is 38.9 Å². The monoisotopic (exact) mass is 192 g/mol. The summed E-state index contributed by atoms with van der Waals surface area (Å²) >= 11 is 7.37. The van der Waals surface area contributed by atoms with E-state index < -0.39 is 0 Å². The predicted octanol–water partition coefficient (Wildman–Crippen LogP) is 2.23. The molecule has 0 aliphatic heterocycles. The number of hydrogen-bond donors (Lipinski definition) is 0. The van der Waals surface area contributed by atoms with Gasteiger partial charge < -0.3 is 4.52 Å². The van der Waals surface area contributed by atoms with Crippen LogP contribution in [0.25, 0.3) is 0 Å². The Morgan fingerprint density at radius 3 is 2.91 bits per heavy atom. The van der Waals surface area contributed by atoms with Crippen LogP contribution in [0.2, 0.25) is 0 Å². The summed E-state index contributed by atoms with van der Waals surface area (Å²) in [7, 11) is 0. The summed E-state index contributed by atoms with van der Waals surface area (Å²) in [6, 6.07) is 0. The van der Waals surface area contributed by atoms with E-state index in [4.69, 9.17) is 16.1 Å². The molecule has 1 unspecified atom stereocenters. The fourth-order valence-electron chi connectivity index (χ4n) is 0.617. The maximum Gasteiger partial charge on any atom is 0.244 e. The van der Waals surface area contributed by atoms with Gasteiger partial charge in [-0.05, 0) is 13.2 Å². The van der Waals surface area contributed by atoms with Gasteiger partial charge in [0.15, 0.2) is 5.82 Å². The van der Waals surface area contributed by atoms with Crippen molar-refractivity contribution in [3.05, 3.63) is 11.7 Å². The van der Waals surface area contributed by atoms with Crippen molar-refractivity contribution >= 4 is 23.4 Å². The molecule has 0 aliphatic carbocycles. The lowest BCUT2D eigenvalue weighted by molar-refractivity contribution is 0.375. The fraction of sp³-hybridized carbons (Fsp3) is 0.667. The van der Waals surface area contributed by atoms with Gasteiger partial charge in [0, 0.05) is 0 Å². The molecule has 0 spiro atoms. The van der Waals surface area contributed by atoms with Crippen LogP contribution in [0.3, 0.4) is 0 Å². The van der Waals surface area contributed by atoms with Crippen molar-refractivity contribution in [2.75, 3.05) is 6.26 Å². The molecule has 0 amide bonds. The first-order chi connectivity index (χ1) is 5.24. The van der Waals surface area contributed by atoms with E-state index in [-0.39, 0.29) is 5.38 Å². The number of aromatic nitrogens is 2. The highest BCUT2D eigenvalue weighted by Gasteiger charge is 2.10. The van der Waals surface area contributed by atoms with Crippen LogP contribution in [0.5, 0.6) is 0 Å². The summed E-state index contributed by atoms with van der Waals surface area (Å²) in [6.45, 7) is 1.80. The van der Waals surface area contributed by atoms with Gasteiger partial charge in [-0.2, -0.15) is 16.7 Å². The molecule has 62 valence electrons. The molecule has 0 radical (unpaired) electrons. The maximum atomic E-state index is 5.71. The number of rotatable bonds is 3. The molecule has 1 heterocycles. The first-order valence-electron chi connectivity index (χ1n) is 3.19. The molecule has 5 heteroatoms. The fourth-order valence-corrected chi connectivity index (χ4v) is 1.08. The van der Waals surface area contributed by atoms with Crippen LogP contribution >= 0.6 is 23.4 Å². The van der Waals surface area contributed by atoms with E-state index in [1.54, 1.807) is 18.7 Å². The van der Waals surface area contributed by atoms with Gasteiger partial charge >= 0.3 is 0 Å². The van der Waals surface area contributed by atoms with E-state index in [0.717, 1.165) is 5.75 Å². The molecule has 1 rings (SSSR count). The largest absolute Gasteiger partial charge is 0.338 e. The standard InChI is InChI=1S/C6H9ClN2OS/c1-4(7)6-8-5(3-11-2)9-10-6/h4H,3H2,1-2H3. The summed E-state index contributed by atoms with van der Waals surface area (Å²) < 4.78 is 4.87. The Morgan fingerprint density at radius 2 is 2.45 bits per heavy atom. The lowest BCUT2D eigenvalue weighted by Gasteiger charge is -1.89. The van der Waals surface area contributed by atoms with Crippen LogP contribution in [0.15, 0.2) is 4.52 Å².